The first kappa shape index (κ1) is 13.3. The van der Waals surface area contributed by atoms with Gasteiger partial charge in [0.15, 0.2) is 0 Å². The molecule has 0 aromatic heterocycles. The van der Waals surface area contributed by atoms with Gasteiger partial charge in [0.25, 0.3) is 0 Å². The highest BCUT2D eigenvalue weighted by Gasteiger charge is 1.98. The van der Waals surface area contributed by atoms with Crippen molar-refractivity contribution in [1.29, 1.82) is 0 Å². The van der Waals surface area contributed by atoms with E-state index in [1.165, 1.54) is 0 Å². The van der Waals surface area contributed by atoms with Crippen molar-refractivity contribution in [2.75, 3.05) is 11.4 Å². The molecular weight excluding hydrogens is 214 g/mol. The molecule has 0 bridgehead atoms. The highest BCUT2D eigenvalue weighted by atomic mass is 16.4. The van der Waals surface area contributed by atoms with Crippen molar-refractivity contribution in [2.24, 2.45) is 0 Å². The Balaban J connectivity index is 2.42. The predicted octanol–water partition coefficient (Wildman–Crippen LogP) is 3.28. The number of hydrogen-bond donors (Lipinski definition) is 1. The van der Waals surface area contributed by atoms with Crippen LogP contribution >= 0.6 is 0 Å². The third-order valence-electron chi connectivity index (χ3n) is 2.48. The molecule has 1 aromatic rings. The summed E-state index contributed by atoms with van der Waals surface area (Å²) in [4.78, 5) is 12.5. The number of carboxylic acid groups (broad SMARTS) is 1. The average Bonchev–Trinajstić information content (AvgIpc) is 2.34. The molecule has 1 N–H and O–H groups in total. The van der Waals surface area contributed by atoms with Crippen LogP contribution in [-0.2, 0) is 4.79 Å². The van der Waals surface area contributed by atoms with E-state index >= 15 is 0 Å². The monoisotopic (exact) mass is 233 g/mol. The minimum atomic E-state index is -0.728. The van der Waals surface area contributed by atoms with Crippen molar-refractivity contribution in [3.8, 4) is 0 Å². The number of carboxylic acids is 1. The SMILES string of the molecule is CCN(C=CCCCC(=O)O)c1ccccc1. The van der Waals surface area contributed by atoms with Crippen LogP contribution in [0.15, 0.2) is 42.6 Å². The number of benzene rings is 1. The molecule has 0 aliphatic carbocycles. The zero-order chi connectivity index (χ0) is 12.5. The first-order valence-corrected chi connectivity index (χ1v) is 5.94. The maximum Gasteiger partial charge on any atom is 0.303 e. The number of para-hydroxylation sites is 1. The van der Waals surface area contributed by atoms with Crippen molar-refractivity contribution in [1.82, 2.24) is 0 Å². The van der Waals surface area contributed by atoms with E-state index in [1.54, 1.807) is 0 Å². The molecule has 0 heterocycles. The maximum atomic E-state index is 10.3. The van der Waals surface area contributed by atoms with Crippen LogP contribution in [0.5, 0.6) is 0 Å². The minimum absolute atomic E-state index is 0.238. The zero-order valence-corrected chi connectivity index (χ0v) is 10.2. The fraction of sp³-hybridized carbons (Fsp3) is 0.357. The van der Waals surface area contributed by atoms with Crippen LogP contribution in [0.2, 0.25) is 0 Å². The first-order chi connectivity index (χ1) is 8.24. The fourth-order valence-electron chi connectivity index (χ4n) is 1.57. The standard InChI is InChI=1S/C14H19NO2/c1-2-15(13-9-5-3-6-10-13)12-8-4-7-11-14(16)17/h3,5-6,8-10,12H,2,4,7,11H2,1H3,(H,16,17). The highest BCUT2D eigenvalue weighted by Crippen LogP contribution is 2.13. The largest absolute Gasteiger partial charge is 0.481 e. The highest BCUT2D eigenvalue weighted by molar-refractivity contribution is 5.66. The van der Waals surface area contributed by atoms with Crippen LogP contribution in [0.1, 0.15) is 26.2 Å². The summed E-state index contributed by atoms with van der Waals surface area (Å²) < 4.78 is 0. The van der Waals surface area contributed by atoms with E-state index in [2.05, 4.69) is 24.0 Å². The second-order valence-electron chi connectivity index (χ2n) is 3.79. The molecule has 0 saturated heterocycles. The quantitative estimate of drug-likeness (QED) is 0.735. The number of nitrogens with zero attached hydrogens (tertiary/aromatic N) is 1. The van der Waals surface area contributed by atoms with Crippen LogP contribution in [0.25, 0.3) is 0 Å². The molecule has 0 atom stereocenters. The zero-order valence-electron chi connectivity index (χ0n) is 10.2. The van der Waals surface area contributed by atoms with Crippen LogP contribution in [-0.4, -0.2) is 17.6 Å². The Kier molecular flexibility index (Phi) is 5.86. The van der Waals surface area contributed by atoms with Gasteiger partial charge >= 0.3 is 5.97 Å². The number of aliphatic carboxylic acids is 1. The Morgan fingerprint density at radius 1 is 1.35 bits per heavy atom. The van der Waals surface area contributed by atoms with Crippen molar-refractivity contribution >= 4 is 11.7 Å². The van der Waals surface area contributed by atoms with Gasteiger partial charge in [-0.25, -0.2) is 0 Å². The number of anilines is 1. The number of hydrogen-bond acceptors (Lipinski definition) is 2. The number of allylic oxidation sites excluding steroid dienone is 1. The molecule has 0 unspecified atom stereocenters. The fourth-order valence-corrected chi connectivity index (χ4v) is 1.57. The van der Waals surface area contributed by atoms with Crippen LogP contribution in [0, 0.1) is 0 Å². The van der Waals surface area contributed by atoms with E-state index in [0.29, 0.717) is 6.42 Å². The predicted molar refractivity (Wildman–Crippen MR) is 70.1 cm³/mol. The van der Waals surface area contributed by atoms with Gasteiger partial charge < -0.3 is 10.0 Å². The van der Waals surface area contributed by atoms with Crippen molar-refractivity contribution in [3.63, 3.8) is 0 Å². The molecule has 3 heteroatoms. The molecule has 0 amide bonds. The topological polar surface area (TPSA) is 40.5 Å². The van der Waals surface area contributed by atoms with Crippen molar-refractivity contribution in [3.05, 3.63) is 42.6 Å². The lowest BCUT2D eigenvalue weighted by molar-refractivity contribution is -0.137. The Labute approximate surface area is 102 Å². The Hall–Kier alpha value is -1.77. The lowest BCUT2D eigenvalue weighted by atomic mass is 10.2. The molecule has 0 spiro atoms. The third kappa shape index (κ3) is 5.20. The number of unbranched alkanes of at least 4 members (excludes halogenated alkanes) is 1. The van der Waals surface area contributed by atoms with Gasteiger partial charge in [-0.15, -0.1) is 0 Å². The second-order valence-corrected chi connectivity index (χ2v) is 3.79. The van der Waals surface area contributed by atoms with Gasteiger partial charge in [-0.1, -0.05) is 24.3 Å². The van der Waals surface area contributed by atoms with Crippen molar-refractivity contribution in [2.45, 2.75) is 26.2 Å². The molecule has 0 aliphatic heterocycles. The summed E-state index contributed by atoms with van der Waals surface area (Å²) in [6.45, 7) is 2.99. The van der Waals surface area contributed by atoms with Gasteiger partial charge in [-0.2, -0.15) is 0 Å². The molecule has 0 radical (unpaired) electrons. The number of rotatable bonds is 7. The molecule has 0 saturated carbocycles. The van der Waals surface area contributed by atoms with Crippen LogP contribution < -0.4 is 4.90 Å². The van der Waals surface area contributed by atoms with Gasteiger partial charge in [0.05, 0.1) is 0 Å². The summed E-state index contributed by atoms with van der Waals surface area (Å²) in [5, 5.41) is 8.51. The van der Waals surface area contributed by atoms with E-state index in [1.807, 2.05) is 30.5 Å². The van der Waals surface area contributed by atoms with E-state index in [4.69, 9.17) is 5.11 Å². The second kappa shape index (κ2) is 7.49. The Morgan fingerprint density at radius 2 is 2.06 bits per heavy atom. The molecule has 1 aromatic carbocycles. The van der Waals surface area contributed by atoms with Gasteiger partial charge in [-0.3, -0.25) is 4.79 Å². The number of carbonyl (C=O) groups is 1. The first-order valence-electron chi connectivity index (χ1n) is 5.94. The van der Waals surface area contributed by atoms with Gasteiger partial charge in [0, 0.05) is 24.9 Å². The molecule has 0 aliphatic rings. The van der Waals surface area contributed by atoms with Crippen molar-refractivity contribution < 1.29 is 9.90 Å². The summed E-state index contributed by atoms with van der Waals surface area (Å²) >= 11 is 0. The third-order valence-corrected chi connectivity index (χ3v) is 2.48. The summed E-state index contributed by atoms with van der Waals surface area (Å²) in [7, 11) is 0. The molecule has 17 heavy (non-hydrogen) atoms. The minimum Gasteiger partial charge on any atom is -0.481 e. The molecule has 3 nitrogen and oxygen atoms in total. The van der Waals surface area contributed by atoms with E-state index in [-0.39, 0.29) is 6.42 Å². The van der Waals surface area contributed by atoms with Gasteiger partial charge in [0.2, 0.25) is 0 Å². The molecule has 1 rings (SSSR count). The summed E-state index contributed by atoms with van der Waals surface area (Å²) in [6.07, 6.45) is 5.78. The van der Waals surface area contributed by atoms with E-state index in [0.717, 1.165) is 18.7 Å². The van der Waals surface area contributed by atoms with Crippen LogP contribution in [0.4, 0.5) is 5.69 Å². The lowest BCUT2D eigenvalue weighted by Gasteiger charge is -2.17. The Morgan fingerprint density at radius 3 is 2.65 bits per heavy atom. The normalized spacial score (nSPS) is 10.6. The van der Waals surface area contributed by atoms with Gasteiger partial charge in [0.1, 0.15) is 0 Å². The molecular formula is C14H19NO2. The van der Waals surface area contributed by atoms with Crippen LogP contribution in [0.3, 0.4) is 0 Å². The van der Waals surface area contributed by atoms with Gasteiger partial charge in [-0.05, 0) is 31.9 Å². The molecule has 92 valence electrons. The van der Waals surface area contributed by atoms with E-state index in [9.17, 15) is 4.79 Å². The lowest BCUT2D eigenvalue weighted by Crippen LogP contribution is -2.14. The summed E-state index contributed by atoms with van der Waals surface area (Å²) in [5.41, 5.74) is 1.16. The smallest absolute Gasteiger partial charge is 0.303 e. The summed E-state index contributed by atoms with van der Waals surface area (Å²) in [6, 6.07) is 10.1. The Bertz CT molecular complexity index is 360. The average molecular weight is 233 g/mol. The summed E-state index contributed by atoms with van der Waals surface area (Å²) in [5.74, 6) is -0.728. The molecule has 0 fully saturated rings. The van der Waals surface area contributed by atoms with E-state index < -0.39 is 5.97 Å². The maximum absolute atomic E-state index is 10.3.